The fourth-order valence-corrected chi connectivity index (χ4v) is 2.22. The van der Waals surface area contributed by atoms with Gasteiger partial charge in [0.25, 0.3) is 0 Å². The predicted molar refractivity (Wildman–Crippen MR) is 71.1 cm³/mol. The van der Waals surface area contributed by atoms with E-state index >= 15 is 0 Å². The molecule has 0 unspecified atom stereocenters. The van der Waals surface area contributed by atoms with Gasteiger partial charge in [-0.3, -0.25) is 4.79 Å². The molecule has 1 aromatic carbocycles. The highest BCUT2D eigenvalue weighted by Gasteiger charge is 2.21. The van der Waals surface area contributed by atoms with E-state index in [1.165, 1.54) is 0 Å². The largest absolute Gasteiger partial charge is 0.478 e. The summed E-state index contributed by atoms with van der Waals surface area (Å²) >= 11 is 0. The number of hydrogen-bond donors (Lipinski definition) is 3. The summed E-state index contributed by atoms with van der Waals surface area (Å²) in [6.07, 6.45) is 2.57. The highest BCUT2D eigenvalue weighted by atomic mass is 16.4. The van der Waals surface area contributed by atoms with Crippen molar-refractivity contribution in [1.29, 1.82) is 0 Å². The van der Waals surface area contributed by atoms with Gasteiger partial charge in [-0.1, -0.05) is 12.1 Å². The Hall–Kier alpha value is -1.88. The Labute approximate surface area is 112 Å². The third-order valence-corrected chi connectivity index (χ3v) is 3.26. The van der Waals surface area contributed by atoms with Crippen molar-refractivity contribution in [2.75, 3.05) is 13.1 Å². The van der Waals surface area contributed by atoms with Gasteiger partial charge in [0.15, 0.2) is 0 Å². The molecule has 0 aliphatic carbocycles. The Morgan fingerprint density at radius 3 is 2.95 bits per heavy atom. The van der Waals surface area contributed by atoms with Gasteiger partial charge in [-0.25, -0.2) is 4.79 Å². The van der Waals surface area contributed by atoms with E-state index in [-0.39, 0.29) is 17.5 Å². The molecule has 0 saturated carbocycles. The van der Waals surface area contributed by atoms with E-state index in [2.05, 4.69) is 10.6 Å². The van der Waals surface area contributed by atoms with Crippen LogP contribution in [0.4, 0.5) is 0 Å². The number of carboxylic acids is 1. The Balaban J connectivity index is 1.80. The second-order valence-corrected chi connectivity index (χ2v) is 4.70. The first-order valence-corrected chi connectivity index (χ1v) is 6.50. The zero-order chi connectivity index (χ0) is 13.7. The molecule has 1 aliphatic heterocycles. The number of aromatic carboxylic acids is 1. The summed E-state index contributed by atoms with van der Waals surface area (Å²) in [6, 6.07) is 6.73. The van der Waals surface area contributed by atoms with E-state index in [1.54, 1.807) is 18.2 Å². The van der Waals surface area contributed by atoms with Crippen molar-refractivity contribution < 1.29 is 14.7 Å². The normalized spacial score (nSPS) is 18.2. The van der Waals surface area contributed by atoms with E-state index in [9.17, 15) is 9.59 Å². The topological polar surface area (TPSA) is 78.4 Å². The van der Waals surface area contributed by atoms with Crippen LogP contribution in [0.1, 0.15) is 28.8 Å². The van der Waals surface area contributed by atoms with E-state index in [0.29, 0.717) is 13.0 Å². The fraction of sp³-hybridized carbons (Fsp3) is 0.429. The maximum Gasteiger partial charge on any atom is 0.335 e. The average molecular weight is 262 g/mol. The number of carboxylic acid groups (broad SMARTS) is 1. The zero-order valence-electron chi connectivity index (χ0n) is 10.7. The highest BCUT2D eigenvalue weighted by Crippen LogP contribution is 2.07. The minimum atomic E-state index is -0.930. The molecule has 102 valence electrons. The lowest BCUT2D eigenvalue weighted by Gasteiger charge is -2.11. The molecule has 0 aromatic heterocycles. The molecule has 5 heteroatoms. The number of benzene rings is 1. The van der Waals surface area contributed by atoms with Gasteiger partial charge in [-0.2, -0.15) is 0 Å². The minimum absolute atomic E-state index is 0.0342. The number of rotatable bonds is 5. The van der Waals surface area contributed by atoms with Crippen LogP contribution in [0.5, 0.6) is 0 Å². The number of hydrogen-bond acceptors (Lipinski definition) is 3. The molecule has 3 N–H and O–H groups in total. The van der Waals surface area contributed by atoms with E-state index in [1.807, 2.05) is 6.07 Å². The smallest absolute Gasteiger partial charge is 0.335 e. The van der Waals surface area contributed by atoms with Gasteiger partial charge in [0.2, 0.25) is 5.91 Å². The van der Waals surface area contributed by atoms with Gasteiger partial charge in [-0.15, -0.1) is 0 Å². The summed E-state index contributed by atoms with van der Waals surface area (Å²) in [6.45, 7) is 1.43. The second kappa shape index (κ2) is 6.33. The molecule has 0 radical (unpaired) electrons. The molecule has 0 bridgehead atoms. The molecule has 1 aromatic rings. The molecular weight excluding hydrogens is 244 g/mol. The van der Waals surface area contributed by atoms with Crippen LogP contribution >= 0.6 is 0 Å². The van der Waals surface area contributed by atoms with E-state index in [0.717, 1.165) is 24.9 Å². The van der Waals surface area contributed by atoms with Crippen LogP contribution in [0.25, 0.3) is 0 Å². The average Bonchev–Trinajstić information content (AvgIpc) is 2.93. The summed E-state index contributed by atoms with van der Waals surface area (Å²) in [5.41, 5.74) is 1.20. The summed E-state index contributed by atoms with van der Waals surface area (Å²) in [5.74, 6) is -0.895. The van der Waals surface area contributed by atoms with Crippen molar-refractivity contribution in [2.24, 2.45) is 0 Å². The first-order valence-electron chi connectivity index (χ1n) is 6.50. The summed E-state index contributed by atoms with van der Waals surface area (Å²) in [7, 11) is 0. The molecule has 1 fully saturated rings. The van der Waals surface area contributed by atoms with Crippen LogP contribution in [-0.4, -0.2) is 36.1 Å². The molecule has 0 spiro atoms. The van der Waals surface area contributed by atoms with E-state index < -0.39 is 5.97 Å². The van der Waals surface area contributed by atoms with Gasteiger partial charge in [0, 0.05) is 6.54 Å². The molecular formula is C14H18N2O3. The van der Waals surface area contributed by atoms with Crippen molar-refractivity contribution >= 4 is 11.9 Å². The first-order chi connectivity index (χ1) is 9.16. The monoisotopic (exact) mass is 262 g/mol. The number of nitrogens with one attached hydrogen (secondary N) is 2. The number of carbonyl (C=O) groups excluding carboxylic acids is 1. The third-order valence-electron chi connectivity index (χ3n) is 3.26. The van der Waals surface area contributed by atoms with Crippen LogP contribution < -0.4 is 10.6 Å². The highest BCUT2D eigenvalue weighted by molar-refractivity contribution is 5.87. The summed E-state index contributed by atoms with van der Waals surface area (Å²) in [4.78, 5) is 22.6. The first kappa shape index (κ1) is 13.5. The Morgan fingerprint density at radius 1 is 1.42 bits per heavy atom. The van der Waals surface area contributed by atoms with Crippen LogP contribution in [0, 0.1) is 0 Å². The van der Waals surface area contributed by atoms with Gasteiger partial charge in [-0.05, 0) is 43.5 Å². The lowest BCUT2D eigenvalue weighted by Crippen LogP contribution is -2.41. The summed E-state index contributed by atoms with van der Waals surface area (Å²) < 4.78 is 0. The maximum atomic E-state index is 11.7. The van der Waals surface area contributed by atoms with Crippen LogP contribution in [0.15, 0.2) is 24.3 Å². The van der Waals surface area contributed by atoms with Gasteiger partial charge in [0.1, 0.15) is 0 Å². The van der Waals surface area contributed by atoms with Crippen molar-refractivity contribution in [3.63, 3.8) is 0 Å². The van der Waals surface area contributed by atoms with Crippen LogP contribution in [0.2, 0.25) is 0 Å². The van der Waals surface area contributed by atoms with Gasteiger partial charge in [0.05, 0.1) is 11.6 Å². The lowest BCUT2D eigenvalue weighted by atomic mass is 10.1. The fourth-order valence-electron chi connectivity index (χ4n) is 2.22. The van der Waals surface area contributed by atoms with Crippen molar-refractivity contribution in [1.82, 2.24) is 10.6 Å². The Kier molecular flexibility index (Phi) is 4.52. The number of carbonyl (C=O) groups is 2. The molecule has 1 heterocycles. The Morgan fingerprint density at radius 2 is 2.26 bits per heavy atom. The summed E-state index contributed by atoms with van der Waals surface area (Å²) in [5, 5.41) is 14.9. The quantitative estimate of drug-likeness (QED) is 0.733. The maximum absolute atomic E-state index is 11.7. The lowest BCUT2D eigenvalue weighted by molar-refractivity contribution is -0.122. The van der Waals surface area contributed by atoms with Crippen molar-refractivity contribution in [2.45, 2.75) is 25.3 Å². The predicted octanol–water partition coefficient (Wildman–Crippen LogP) is 0.795. The van der Waals surface area contributed by atoms with Gasteiger partial charge >= 0.3 is 5.97 Å². The molecule has 1 aliphatic rings. The molecule has 2 rings (SSSR count). The zero-order valence-corrected chi connectivity index (χ0v) is 10.7. The second-order valence-electron chi connectivity index (χ2n) is 4.70. The minimum Gasteiger partial charge on any atom is -0.478 e. The molecule has 5 nitrogen and oxygen atoms in total. The third kappa shape index (κ3) is 3.79. The Bertz CT molecular complexity index is 468. The SMILES string of the molecule is O=C(O)c1cccc(CCNC(=O)[C@@H]2CCCN2)c1. The standard InChI is InChI=1S/C14H18N2O3/c17-13(12-5-2-7-15-12)16-8-6-10-3-1-4-11(9-10)14(18)19/h1,3-4,9,12,15H,2,5-8H2,(H,16,17)(H,18,19)/t12-/m0/s1. The molecule has 1 amide bonds. The number of amides is 1. The van der Waals surface area contributed by atoms with Crippen molar-refractivity contribution in [3.05, 3.63) is 35.4 Å². The molecule has 19 heavy (non-hydrogen) atoms. The van der Waals surface area contributed by atoms with Gasteiger partial charge < -0.3 is 15.7 Å². The van der Waals surface area contributed by atoms with Crippen LogP contribution in [0.3, 0.4) is 0 Å². The van der Waals surface area contributed by atoms with E-state index in [4.69, 9.17) is 5.11 Å². The van der Waals surface area contributed by atoms with Crippen molar-refractivity contribution in [3.8, 4) is 0 Å². The molecule has 1 atom stereocenters. The molecule has 1 saturated heterocycles. The van der Waals surface area contributed by atoms with Crippen LogP contribution in [-0.2, 0) is 11.2 Å².